The van der Waals surface area contributed by atoms with Crippen molar-refractivity contribution in [1.82, 2.24) is 15.1 Å². The van der Waals surface area contributed by atoms with Crippen LogP contribution < -0.4 is 5.32 Å². The summed E-state index contributed by atoms with van der Waals surface area (Å²) in [5.74, 6) is -1.00. The van der Waals surface area contributed by atoms with E-state index in [0.29, 0.717) is 22.8 Å². The van der Waals surface area contributed by atoms with Crippen LogP contribution in [0.2, 0.25) is 5.15 Å². The fourth-order valence-corrected chi connectivity index (χ4v) is 3.43. The van der Waals surface area contributed by atoms with Crippen molar-refractivity contribution >= 4 is 29.6 Å². The maximum atomic E-state index is 12.5. The first kappa shape index (κ1) is 22.3. The molecule has 6 nitrogen and oxygen atoms in total. The molecule has 1 aromatic heterocycles. The molecule has 2 aromatic carbocycles. The number of carbonyl (C=O) groups is 2. The summed E-state index contributed by atoms with van der Waals surface area (Å²) in [6.45, 7) is 1.42. The van der Waals surface area contributed by atoms with E-state index in [1.54, 1.807) is 14.0 Å². The van der Waals surface area contributed by atoms with Gasteiger partial charge < -0.3 is 10.1 Å². The summed E-state index contributed by atoms with van der Waals surface area (Å²) in [7, 11) is 1.72. The largest absolute Gasteiger partial charge is 0.452 e. The molecule has 0 aliphatic heterocycles. The molecule has 0 aliphatic rings. The monoisotopic (exact) mass is 437 g/mol. The molecule has 1 unspecified atom stereocenters. The molecule has 0 saturated carbocycles. The molecule has 0 bridgehead atoms. The first-order valence-electron chi connectivity index (χ1n) is 9.86. The smallest absolute Gasteiger partial charge is 0.331 e. The number of halogens is 1. The second-order valence-corrected chi connectivity index (χ2v) is 7.43. The van der Waals surface area contributed by atoms with E-state index in [1.165, 1.54) is 16.8 Å². The zero-order valence-electron chi connectivity index (χ0n) is 17.4. The molecule has 3 rings (SSSR count). The molecule has 0 radical (unpaired) electrons. The van der Waals surface area contributed by atoms with Gasteiger partial charge in [0.15, 0.2) is 6.61 Å². The Kier molecular flexibility index (Phi) is 7.62. The van der Waals surface area contributed by atoms with E-state index in [2.05, 4.69) is 10.4 Å². The van der Waals surface area contributed by atoms with Gasteiger partial charge in [0.25, 0.3) is 5.91 Å². The van der Waals surface area contributed by atoms with Crippen molar-refractivity contribution in [1.29, 1.82) is 0 Å². The Labute approximate surface area is 186 Å². The molecule has 3 aromatic rings. The molecule has 0 aliphatic carbocycles. The van der Waals surface area contributed by atoms with Gasteiger partial charge in [-0.25, -0.2) is 4.79 Å². The number of aromatic nitrogens is 2. The SMILES string of the molecule is Cc1nn(C)c(Cl)c1/C=C/C(=O)OCC(=O)NC(Cc1ccccc1)c1ccccc1. The van der Waals surface area contributed by atoms with Crippen molar-refractivity contribution in [3.05, 3.63) is 94.3 Å². The van der Waals surface area contributed by atoms with Gasteiger partial charge >= 0.3 is 5.97 Å². The number of hydrogen-bond donors (Lipinski definition) is 1. The van der Waals surface area contributed by atoms with Crippen molar-refractivity contribution in [2.75, 3.05) is 6.61 Å². The summed E-state index contributed by atoms with van der Waals surface area (Å²) in [5.41, 5.74) is 3.41. The van der Waals surface area contributed by atoms with Crippen LogP contribution in [0.3, 0.4) is 0 Å². The molecule has 0 saturated heterocycles. The van der Waals surface area contributed by atoms with Gasteiger partial charge in [-0.2, -0.15) is 5.10 Å². The highest BCUT2D eigenvalue weighted by Crippen LogP contribution is 2.20. The maximum Gasteiger partial charge on any atom is 0.331 e. The Morgan fingerprint density at radius 3 is 2.39 bits per heavy atom. The second-order valence-electron chi connectivity index (χ2n) is 7.08. The topological polar surface area (TPSA) is 73.2 Å². The number of hydrogen-bond acceptors (Lipinski definition) is 4. The number of carbonyl (C=O) groups excluding carboxylic acids is 2. The molecule has 7 heteroatoms. The fourth-order valence-electron chi connectivity index (χ4n) is 3.20. The number of esters is 1. The van der Waals surface area contributed by atoms with Crippen molar-refractivity contribution in [3.63, 3.8) is 0 Å². The maximum absolute atomic E-state index is 12.5. The molecule has 160 valence electrons. The van der Waals surface area contributed by atoms with Gasteiger partial charge in [0.05, 0.1) is 11.7 Å². The first-order valence-corrected chi connectivity index (χ1v) is 10.2. The minimum Gasteiger partial charge on any atom is -0.452 e. The van der Waals surface area contributed by atoms with E-state index < -0.39 is 5.97 Å². The zero-order chi connectivity index (χ0) is 22.2. The van der Waals surface area contributed by atoms with Crippen LogP contribution in [0.5, 0.6) is 0 Å². The number of amides is 1. The predicted octanol–water partition coefficient (Wildman–Crippen LogP) is 4.04. The Bertz CT molecular complexity index is 1060. The van der Waals surface area contributed by atoms with E-state index in [1.807, 2.05) is 60.7 Å². The van der Waals surface area contributed by atoms with Crippen LogP contribution in [0, 0.1) is 6.92 Å². The van der Waals surface area contributed by atoms with Crippen molar-refractivity contribution in [2.24, 2.45) is 7.05 Å². The Morgan fingerprint density at radius 1 is 1.13 bits per heavy atom. The molecule has 0 fully saturated rings. The minimum absolute atomic E-state index is 0.234. The molecular formula is C24H24ClN3O3. The molecule has 1 N–H and O–H groups in total. The normalized spacial score (nSPS) is 12.0. The van der Waals surface area contributed by atoms with E-state index in [-0.39, 0.29) is 18.6 Å². The lowest BCUT2D eigenvalue weighted by atomic mass is 9.99. The lowest BCUT2D eigenvalue weighted by molar-refractivity contribution is -0.144. The highest BCUT2D eigenvalue weighted by molar-refractivity contribution is 6.31. The summed E-state index contributed by atoms with van der Waals surface area (Å²) < 4.78 is 6.61. The van der Waals surface area contributed by atoms with Gasteiger partial charge in [-0.05, 0) is 30.5 Å². The van der Waals surface area contributed by atoms with E-state index in [4.69, 9.17) is 16.3 Å². The van der Waals surface area contributed by atoms with Crippen molar-refractivity contribution < 1.29 is 14.3 Å². The first-order chi connectivity index (χ1) is 14.9. The van der Waals surface area contributed by atoms with Crippen LogP contribution in [0.25, 0.3) is 6.08 Å². The number of aryl methyl sites for hydroxylation is 2. The van der Waals surface area contributed by atoms with Crippen LogP contribution >= 0.6 is 11.6 Å². The fraction of sp³-hybridized carbons (Fsp3) is 0.208. The Morgan fingerprint density at radius 2 is 1.77 bits per heavy atom. The molecule has 1 atom stereocenters. The average molecular weight is 438 g/mol. The molecule has 1 heterocycles. The number of benzene rings is 2. The predicted molar refractivity (Wildman–Crippen MR) is 120 cm³/mol. The average Bonchev–Trinajstić information content (AvgIpc) is 3.02. The number of nitrogens with one attached hydrogen (secondary N) is 1. The van der Waals surface area contributed by atoms with Gasteiger partial charge in [-0.3, -0.25) is 9.48 Å². The van der Waals surface area contributed by atoms with Gasteiger partial charge in [-0.15, -0.1) is 0 Å². The molecular weight excluding hydrogens is 414 g/mol. The molecule has 1 amide bonds. The van der Waals surface area contributed by atoms with Crippen LogP contribution in [0.4, 0.5) is 0 Å². The van der Waals surface area contributed by atoms with Crippen molar-refractivity contribution in [2.45, 2.75) is 19.4 Å². The second kappa shape index (κ2) is 10.6. The standard InChI is InChI=1S/C24H24ClN3O3/c1-17-20(24(25)28(2)27-17)13-14-23(30)31-16-22(29)26-21(19-11-7-4-8-12-19)15-18-9-5-3-6-10-18/h3-14,21H,15-16H2,1-2H3,(H,26,29)/b14-13+. The molecule has 31 heavy (non-hydrogen) atoms. The summed E-state index contributed by atoms with van der Waals surface area (Å²) >= 11 is 6.14. The summed E-state index contributed by atoms with van der Waals surface area (Å²) in [4.78, 5) is 24.5. The van der Waals surface area contributed by atoms with Gasteiger partial charge in [0.2, 0.25) is 0 Å². The van der Waals surface area contributed by atoms with E-state index in [0.717, 1.165) is 11.1 Å². The summed E-state index contributed by atoms with van der Waals surface area (Å²) in [5, 5.41) is 7.56. The van der Waals surface area contributed by atoms with Gasteiger partial charge in [-0.1, -0.05) is 72.3 Å². The third-order valence-corrected chi connectivity index (χ3v) is 5.20. The van der Waals surface area contributed by atoms with Crippen LogP contribution in [0.1, 0.15) is 28.4 Å². The zero-order valence-corrected chi connectivity index (χ0v) is 18.2. The molecule has 0 spiro atoms. The van der Waals surface area contributed by atoms with Gasteiger partial charge in [0, 0.05) is 18.7 Å². The minimum atomic E-state index is -0.631. The van der Waals surface area contributed by atoms with E-state index >= 15 is 0 Å². The lowest BCUT2D eigenvalue weighted by Gasteiger charge is -2.19. The quantitative estimate of drug-likeness (QED) is 0.426. The highest BCUT2D eigenvalue weighted by Gasteiger charge is 2.16. The Balaban J connectivity index is 1.59. The summed E-state index contributed by atoms with van der Waals surface area (Å²) in [6.07, 6.45) is 3.40. The van der Waals surface area contributed by atoms with Crippen LogP contribution in [-0.4, -0.2) is 28.3 Å². The third-order valence-electron chi connectivity index (χ3n) is 4.75. The number of nitrogens with zero attached hydrogens (tertiary/aromatic N) is 2. The van der Waals surface area contributed by atoms with E-state index in [9.17, 15) is 9.59 Å². The number of rotatable bonds is 8. The highest BCUT2D eigenvalue weighted by atomic mass is 35.5. The number of ether oxygens (including phenoxy) is 1. The lowest BCUT2D eigenvalue weighted by Crippen LogP contribution is -2.33. The third kappa shape index (κ3) is 6.30. The van der Waals surface area contributed by atoms with Crippen LogP contribution in [-0.2, 0) is 27.8 Å². The summed E-state index contributed by atoms with van der Waals surface area (Å²) in [6, 6.07) is 19.4. The van der Waals surface area contributed by atoms with Crippen molar-refractivity contribution in [3.8, 4) is 0 Å². The van der Waals surface area contributed by atoms with Gasteiger partial charge in [0.1, 0.15) is 5.15 Å². The Hall–Kier alpha value is -3.38. The van der Waals surface area contributed by atoms with Crippen LogP contribution in [0.15, 0.2) is 66.7 Å².